The summed E-state index contributed by atoms with van der Waals surface area (Å²) in [4.78, 5) is 25.6. The molecule has 1 aromatic carbocycles. The van der Waals surface area contributed by atoms with Crippen molar-refractivity contribution in [3.8, 4) is 0 Å². The molecule has 0 radical (unpaired) electrons. The Bertz CT molecular complexity index is 1310. The number of carboxylic acids is 1. The molecule has 14 heteroatoms. The number of nitrogens with one attached hydrogen (secondary N) is 1. The number of anilines is 3. The normalized spacial score (nSPS) is 15.9. The van der Waals surface area contributed by atoms with Crippen molar-refractivity contribution in [1.29, 1.82) is 0 Å². The van der Waals surface area contributed by atoms with E-state index in [-0.39, 0.29) is 11.4 Å². The summed E-state index contributed by atoms with van der Waals surface area (Å²) in [5.41, 5.74) is 6.75. The number of aromatic carboxylic acids is 1. The maximum absolute atomic E-state index is 12.7. The van der Waals surface area contributed by atoms with E-state index in [1.54, 1.807) is 33.7 Å². The molecule has 0 saturated heterocycles. The number of rotatable bonds is 6. The summed E-state index contributed by atoms with van der Waals surface area (Å²) in [5, 5.41) is 30.0. The van der Waals surface area contributed by atoms with Crippen molar-refractivity contribution in [3.05, 3.63) is 56.9 Å². The smallest absolute Gasteiger partial charge is 0.339 e. The number of hydrogen-bond acceptors (Lipinski definition) is 10. The van der Waals surface area contributed by atoms with E-state index in [1.165, 1.54) is 40.0 Å². The minimum absolute atomic E-state index is 0.0610. The van der Waals surface area contributed by atoms with Gasteiger partial charge in [0.05, 0.1) is 21.8 Å². The summed E-state index contributed by atoms with van der Waals surface area (Å²) in [7, 11) is -4.35. The number of sulfonamides is 1. The van der Waals surface area contributed by atoms with Gasteiger partial charge in [-0.05, 0) is 35.0 Å². The van der Waals surface area contributed by atoms with Crippen LogP contribution in [0.25, 0.3) is 0 Å². The van der Waals surface area contributed by atoms with Gasteiger partial charge in [0.25, 0.3) is 5.91 Å². The fraction of sp³-hybridized carbons (Fsp3) is 0.0556. The van der Waals surface area contributed by atoms with Gasteiger partial charge in [-0.1, -0.05) is 0 Å². The third-order valence-corrected chi connectivity index (χ3v) is 6.87. The topological polar surface area (TPSA) is 171 Å². The van der Waals surface area contributed by atoms with Crippen molar-refractivity contribution < 1.29 is 23.1 Å². The molecule has 4 rings (SSSR count). The lowest BCUT2D eigenvalue weighted by Gasteiger charge is -2.28. The predicted molar refractivity (Wildman–Crippen MR) is 122 cm³/mol. The zero-order valence-corrected chi connectivity index (χ0v) is 18.5. The second kappa shape index (κ2) is 8.33. The molecule has 3 heterocycles. The maximum atomic E-state index is 12.7. The quantitative estimate of drug-likeness (QED) is 0.405. The van der Waals surface area contributed by atoms with Crippen LogP contribution in [-0.2, 0) is 10.0 Å². The molecule has 0 bridgehead atoms. The van der Waals surface area contributed by atoms with Gasteiger partial charge in [-0.3, -0.25) is 15.4 Å². The summed E-state index contributed by atoms with van der Waals surface area (Å²) in [5.74, 6) is -1.95. The molecule has 1 atom stereocenters. The Kier molecular flexibility index (Phi) is 5.70. The third-order valence-electron chi connectivity index (χ3n) is 4.55. The highest BCUT2D eigenvalue weighted by molar-refractivity contribution is 7.89. The summed E-state index contributed by atoms with van der Waals surface area (Å²) >= 11 is 2.70. The highest BCUT2D eigenvalue weighted by Gasteiger charge is 2.35. The fourth-order valence-corrected chi connectivity index (χ4v) is 5.05. The number of nitrogens with zero attached hydrogens (tertiary/aromatic N) is 3. The Hall–Kier alpha value is -3.30. The lowest BCUT2D eigenvalue weighted by atomic mass is 10.1. The molecular formula is C18H16N6O5S3. The van der Waals surface area contributed by atoms with Gasteiger partial charge < -0.3 is 10.4 Å². The summed E-state index contributed by atoms with van der Waals surface area (Å²) in [6.45, 7) is 0. The molecule has 0 saturated carbocycles. The van der Waals surface area contributed by atoms with Gasteiger partial charge in [-0.25, -0.2) is 18.4 Å². The van der Waals surface area contributed by atoms with Crippen LogP contribution < -0.4 is 21.1 Å². The minimum atomic E-state index is -4.35. The van der Waals surface area contributed by atoms with Gasteiger partial charge >= 0.3 is 5.97 Å². The van der Waals surface area contributed by atoms with E-state index in [0.717, 1.165) is 11.1 Å². The number of carbonyl (C=O) groups excluding carboxylic acids is 1. The number of primary sulfonamides is 1. The minimum Gasteiger partial charge on any atom is -0.478 e. The first-order chi connectivity index (χ1) is 15.2. The SMILES string of the molecule is NC1N(C(=O)c2ccsc2)N=CN1c1ccc(S(N)(=O)=O)c(C(=O)O)c1Nc1ccsc1. The summed E-state index contributed by atoms with van der Waals surface area (Å²) in [6.07, 6.45) is 0.165. The average Bonchev–Trinajstić information content (AvgIpc) is 3.49. The fourth-order valence-electron chi connectivity index (χ4n) is 3.11. The molecule has 2 aromatic heterocycles. The van der Waals surface area contributed by atoms with Crippen LogP contribution in [0.2, 0.25) is 0 Å². The molecule has 1 unspecified atom stereocenters. The van der Waals surface area contributed by atoms with Crippen LogP contribution in [0.15, 0.2) is 55.8 Å². The Balaban J connectivity index is 1.82. The Morgan fingerprint density at radius 3 is 2.44 bits per heavy atom. The molecule has 1 amide bonds. The van der Waals surface area contributed by atoms with Crippen molar-refractivity contribution in [3.63, 3.8) is 0 Å². The van der Waals surface area contributed by atoms with Crippen molar-refractivity contribution in [2.24, 2.45) is 16.0 Å². The predicted octanol–water partition coefficient (Wildman–Crippen LogP) is 2.05. The van der Waals surface area contributed by atoms with Crippen LogP contribution in [0.5, 0.6) is 0 Å². The van der Waals surface area contributed by atoms with Gasteiger partial charge in [0, 0.05) is 16.4 Å². The number of thiophene rings is 2. The van der Waals surface area contributed by atoms with Gasteiger partial charge in [0.1, 0.15) is 11.9 Å². The van der Waals surface area contributed by atoms with Crippen LogP contribution >= 0.6 is 22.7 Å². The van der Waals surface area contributed by atoms with Crippen molar-refractivity contribution in [1.82, 2.24) is 5.01 Å². The molecule has 1 aliphatic heterocycles. The number of benzene rings is 1. The summed E-state index contributed by atoms with van der Waals surface area (Å²) in [6, 6.07) is 5.75. The van der Waals surface area contributed by atoms with Crippen molar-refractivity contribution >= 4 is 68.0 Å². The molecule has 6 N–H and O–H groups in total. The highest BCUT2D eigenvalue weighted by Crippen LogP contribution is 2.38. The first-order valence-corrected chi connectivity index (χ1v) is 12.3. The second-order valence-corrected chi connectivity index (χ2v) is 9.62. The molecule has 1 aliphatic rings. The van der Waals surface area contributed by atoms with Crippen LogP contribution in [0.1, 0.15) is 20.7 Å². The summed E-state index contributed by atoms with van der Waals surface area (Å²) < 4.78 is 24.1. The van der Waals surface area contributed by atoms with Crippen LogP contribution in [-0.4, -0.2) is 43.0 Å². The number of carboxylic acid groups (broad SMARTS) is 1. The lowest BCUT2D eigenvalue weighted by Crippen LogP contribution is -2.49. The molecule has 32 heavy (non-hydrogen) atoms. The number of amides is 1. The molecule has 0 fully saturated rings. The Morgan fingerprint density at radius 2 is 1.84 bits per heavy atom. The van der Waals surface area contributed by atoms with Gasteiger partial charge in [-0.15, -0.1) is 0 Å². The van der Waals surface area contributed by atoms with E-state index < -0.39 is 38.6 Å². The first-order valence-electron chi connectivity index (χ1n) is 8.84. The monoisotopic (exact) mass is 492 g/mol. The standard InChI is InChI=1S/C18H16N6O5S3/c19-18-23(9-21-24(18)16(25)10-3-5-30-7-10)12-1-2-13(32(20,28)29)14(17(26)27)15(12)22-11-4-6-31-8-11/h1-9,18,22H,19H2,(H,26,27)(H2,20,28,29). The van der Waals surface area contributed by atoms with Crippen LogP contribution in [0.3, 0.4) is 0 Å². The van der Waals surface area contributed by atoms with Crippen LogP contribution in [0.4, 0.5) is 17.1 Å². The number of hydrazone groups is 1. The molecule has 3 aromatic rings. The molecule has 166 valence electrons. The van der Waals surface area contributed by atoms with Crippen LogP contribution in [0, 0.1) is 0 Å². The molecule has 11 nitrogen and oxygen atoms in total. The van der Waals surface area contributed by atoms with Gasteiger partial charge in [0.2, 0.25) is 10.0 Å². The van der Waals surface area contributed by atoms with Gasteiger partial charge in [0.15, 0.2) is 6.29 Å². The highest BCUT2D eigenvalue weighted by atomic mass is 32.2. The van der Waals surface area contributed by atoms with E-state index in [2.05, 4.69) is 10.4 Å². The Labute approximate surface area is 190 Å². The Morgan fingerprint density at radius 1 is 1.12 bits per heavy atom. The van der Waals surface area contributed by atoms with E-state index in [0.29, 0.717) is 11.3 Å². The third kappa shape index (κ3) is 3.96. The second-order valence-electron chi connectivity index (χ2n) is 6.53. The molecular weight excluding hydrogens is 476 g/mol. The molecule has 0 spiro atoms. The van der Waals surface area contributed by atoms with E-state index in [9.17, 15) is 23.1 Å². The number of nitrogens with two attached hydrogens (primary N) is 2. The largest absolute Gasteiger partial charge is 0.478 e. The van der Waals surface area contributed by atoms with Gasteiger partial charge in [-0.2, -0.15) is 32.8 Å². The molecule has 0 aliphatic carbocycles. The van der Waals surface area contributed by atoms with E-state index >= 15 is 0 Å². The zero-order chi connectivity index (χ0) is 23.0. The maximum Gasteiger partial charge on any atom is 0.339 e. The first kappa shape index (κ1) is 21.9. The number of hydrogen-bond donors (Lipinski definition) is 4. The van der Waals surface area contributed by atoms with Crippen molar-refractivity contribution in [2.75, 3.05) is 10.2 Å². The average molecular weight is 493 g/mol. The lowest BCUT2D eigenvalue weighted by molar-refractivity contribution is 0.0689. The van der Waals surface area contributed by atoms with E-state index in [4.69, 9.17) is 10.9 Å². The zero-order valence-electron chi connectivity index (χ0n) is 16.1. The number of carbonyl (C=O) groups is 2. The van der Waals surface area contributed by atoms with E-state index in [1.807, 2.05) is 0 Å². The van der Waals surface area contributed by atoms with Crippen molar-refractivity contribution in [2.45, 2.75) is 11.2 Å².